The van der Waals surface area contributed by atoms with Gasteiger partial charge in [-0.05, 0) is 0 Å². The van der Waals surface area contributed by atoms with Crippen LogP contribution in [-0.4, -0.2) is 80.3 Å². The van der Waals surface area contributed by atoms with Crippen LogP contribution in [0, 0.1) is 0 Å². The molecule has 1 aromatic heterocycles. The predicted octanol–water partition coefficient (Wildman–Crippen LogP) is -3.15. The summed E-state index contributed by atoms with van der Waals surface area (Å²) in [5.41, 5.74) is 6.33. The molecule has 0 fully saturated rings. The zero-order chi connectivity index (χ0) is 22.0. The van der Waals surface area contributed by atoms with E-state index in [1.54, 1.807) is 0 Å². The number of thiol groups is 1. The first-order valence-electron chi connectivity index (χ1n) is 8.29. The van der Waals surface area contributed by atoms with Crippen molar-refractivity contribution in [2.24, 2.45) is 5.73 Å². The van der Waals surface area contributed by atoms with E-state index in [9.17, 15) is 24.0 Å². The van der Waals surface area contributed by atoms with Crippen LogP contribution >= 0.6 is 12.6 Å². The molecule has 14 heteroatoms. The van der Waals surface area contributed by atoms with Gasteiger partial charge in [-0.1, -0.05) is 0 Å². The number of nitrogens with two attached hydrogens (primary N) is 1. The topological polar surface area (TPSA) is 217 Å². The number of carboxylic acids is 2. The lowest BCUT2D eigenvalue weighted by atomic mass is 10.1. The van der Waals surface area contributed by atoms with Gasteiger partial charge in [0.25, 0.3) is 0 Å². The summed E-state index contributed by atoms with van der Waals surface area (Å²) in [5.74, 6) is -5.41. The number of carboxylic acid groups (broad SMARTS) is 2. The molecule has 0 aromatic carbocycles. The number of imidazole rings is 1. The van der Waals surface area contributed by atoms with Gasteiger partial charge in [0.2, 0.25) is 17.7 Å². The van der Waals surface area contributed by atoms with Crippen molar-refractivity contribution in [3.63, 3.8) is 0 Å². The maximum Gasteiger partial charge on any atom is 0.322 e. The predicted molar refractivity (Wildman–Crippen MR) is 101 cm³/mol. The Morgan fingerprint density at radius 1 is 1.07 bits per heavy atom. The number of hydrogen-bond acceptors (Lipinski definition) is 8. The SMILES string of the molecule is NC(Cc1cnc[nH]1)C(=O)NC(CC(=O)O)C(=O)NC(CS)C(=O)NCC(=O)O. The molecule has 3 unspecified atom stereocenters. The summed E-state index contributed by atoms with van der Waals surface area (Å²) in [6.07, 6.45) is 2.17. The molecule has 0 saturated carbocycles. The number of carbonyl (C=O) groups excluding carboxylic acids is 3. The van der Waals surface area contributed by atoms with Gasteiger partial charge in [0.05, 0.1) is 18.8 Å². The number of rotatable bonds is 12. The molecule has 0 radical (unpaired) electrons. The molecule has 0 aliphatic carbocycles. The van der Waals surface area contributed by atoms with Gasteiger partial charge >= 0.3 is 11.9 Å². The number of hydrogen-bond donors (Lipinski definition) is 8. The van der Waals surface area contributed by atoms with Crippen molar-refractivity contribution >= 4 is 42.3 Å². The number of nitrogens with one attached hydrogen (secondary N) is 4. The summed E-state index contributed by atoms with van der Waals surface area (Å²) in [6.45, 7) is -0.670. The standard InChI is InChI=1S/C15H22N6O7S/c16-8(1-7-3-17-6-19-7)13(26)20-9(2-11(22)23)15(28)21-10(5-29)14(27)18-4-12(24)25/h3,6,8-10,29H,1-2,4-5,16H2,(H,17,19)(H,18,27)(H,20,26)(H,21,28)(H,22,23)(H,24,25). The van der Waals surface area contributed by atoms with Crippen LogP contribution in [0.5, 0.6) is 0 Å². The van der Waals surface area contributed by atoms with Gasteiger partial charge in [-0.25, -0.2) is 4.98 Å². The molecule has 0 saturated heterocycles. The number of aliphatic carboxylic acids is 2. The Balaban J connectivity index is 2.75. The molecule has 0 aliphatic heterocycles. The highest BCUT2D eigenvalue weighted by molar-refractivity contribution is 7.80. The van der Waals surface area contributed by atoms with E-state index in [2.05, 4.69) is 38.5 Å². The first-order chi connectivity index (χ1) is 13.6. The first-order valence-corrected chi connectivity index (χ1v) is 8.93. The van der Waals surface area contributed by atoms with Crippen LogP contribution in [0.1, 0.15) is 12.1 Å². The highest BCUT2D eigenvalue weighted by Crippen LogP contribution is 2.00. The fourth-order valence-electron chi connectivity index (χ4n) is 2.14. The van der Waals surface area contributed by atoms with E-state index in [0.29, 0.717) is 5.69 Å². The maximum absolute atomic E-state index is 12.4. The van der Waals surface area contributed by atoms with Gasteiger partial charge < -0.3 is 36.9 Å². The Morgan fingerprint density at radius 2 is 1.72 bits per heavy atom. The van der Waals surface area contributed by atoms with Crippen molar-refractivity contribution in [3.8, 4) is 0 Å². The third kappa shape index (κ3) is 8.61. The quantitative estimate of drug-likeness (QED) is 0.157. The summed E-state index contributed by atoms with van der Waals surface area (Å²) in [6, 6.07) is -3.83. The van der Waals surface area contributed by atoms with Gasteiger partial charge in [-0.2, -0.15) is 12.6 Å². The normalized spacial score (nSPS) is 13.6. The molecule has 0 spiro atoms. The number of H-pyrrole nitrogens is 1. The van der Waals surface area contributed by atoms with E-state index in [0.717, 1.165) is 0 Å². The molecule has 1 rings (SSSR count). The Kier molecular flexibility index (Phi) is 9.61. The second-order valence-corrected chi connectivity index (χ2v) is 6.27. The van der Waals surface area contributed by atoms with E-state index in [4.69, 9.17) is 15.9 Å². The number of amides is 3. The van der Waals surface area contributed by atoms with E-state index in [1.807, 2.05) is 0 Å². The Morgan fingerprint density at radius 3 is 2.24 bits per heavy atom. The fraction of sp³-hybridized carbons (Fsp3) is 0.467. The van der Waals surface area contributed by atoms with Crippen molar-refractivity contribution < 1.29 is 34.2 Å². The molecule has 13 nitrogen and oxygen atoms in total. The van der Waals surface area contributed by atoms with E-state index in [1.165, 1.54) is 12.5 Å². The van der Waals surface area contributed by atoms with Crippen LogP contribution in [-0.2, 0) is 30.4 Å². The zero-order valence-electron chi connectivity index (χ0n) is 15.1. The average Bonchev–Trinajstić information content (AvgIpc) is 3.15. The Labute approximate surface area is 170 Å². The summed E-state index contributed by atoms with van der Waals surface area (Å²) in [4.78, 5) is 64.6. The van der Waals surface area contributed by atoms with Crippen molar-refractivity contribution in [1.29, 1.82) is 0 Å². The summed E-state index contributed by atoms with van der Waals surface area (Å²) in [5, 5.41) is 24.1. The molecule has 1 heterocycles. The molecular formula is C15H22N6O7S. The van der Waals surface area contributed by atoms with Gasteiger partial charge in [-0.15, -0.1) is 0 Å². The lowest BCUT2D eigenvalue weighted by molar-refractivity contribution is -0.141. The molecule has 3 atom stereocenters. The molecule has 8 N–H and O–H groups in total. The fourth-order valence-corrected chi connectivity index (χ4v) is 2.40. The largest absolute Gasteiger partial charge is 0.481 e. The summed E-state index contributed by atoms with van der Waals surface area (Å²) < 4.78 is 0. The van der Waals surface area contributed by atoms with Crippen LogP contribution < -0.4 is 21.7 Å². The first kappa shape index (κ1) is 23.9. The number of nitrogens with zero attached hydrogens (tertiary/aromatic N) is 1. The van der Waals surface area contributed by atoms with Crippen LogP contribution in [0.15, 0.2) is 12.5 Å². The van der Waals surface area contributed by atoms with Gasteiger partial charge in [0.15, 0.2) is 0 Å². The second kappa shape index (κ2) is 11.7. The van der Waals surface area contributed by atoms with Gasteiger partial charge in [0, 0.05) is 24.1 Å². The van der Waals surface area contributed by atoms with Crippen molar-refractivity contribution in [3.05, 3.63) is 18.2 Å². The minimum atomic E-state index is -1.51. The smallest absolute Gasteiger partial charge is 0.322 e. The molecule has 0 bridgehead atoms. The molecule has 1 aromatic rings. The monoisotopic (exact) mass is 430 g/mol. The molecule has 160 valence electrons. The van der Waals surface area contributed by atoms with Crippen LogP contribution in [0.4, 0.5) is 0 Å². The van der Waals surface area contributed by atoms with Crippen LogP contribution in [0.2, 0.25) is 0 Å². The third-order valence-electron chi connectivity index (χ3n) is 3.57. The summed E-state index contributed by atoms with van der Waals surface area (Å²) >= 11 is 3.91. The molecule has 0 aliphatic rings. The van der Waals surface area contributed by atoms with Crippen LogP contribution in [0.3, 0.4) is 0 Å². The zero-order valence-corrected chi connectivity index (χ0v) is 16.0. The number of carbonyl (C=O) groups is 5. The van der Waals surface area contributed by atoms with Crippen molar-refractivity contribution in [2.45, 2.75) is 31.0 Å². The van der Waals surface area contributed by atoms with E-state index < -0.39 is 60.8 Å². The second-order valence-electron chi connectivity index (χ2n) is 5.90. The lowest BCUT2D eigenvalue weighted by Crippen LogP contribution is -2.57. The molecule has 29 heavy (non-hydrogen) atoms. The van der Waals surface area contributed by atoms with Gasteiger partial charge in [0.1, 0.15) is 18.6 Å². The van der Waals surface area contributed by atoms with E-state index >= 15 is 0 Å². The lowest BCUT2D eigenvalue weighted by Gasteiger charge is -2.22. The highest BCUT2D eigenvalue weighted by atomic mass is 32.1. The Bertz CT molecular complexity index is 742. The van der Waals surface area contributed by atoms with Crippen molar-refractivity contribution in [1.82, 2.24) is 25.9 Å². The minimum absolute atomic E-state index is 0.0735. The molecular weight excluding hydrogens is 408 g/mol. The average molecular weight is 430 g/mol. The Hall–Kier alpha value is -3.13. The van der Waals surface area contributed by atoms with Gasteiger partial charge in [-0.3, -0.25) is 24.0 Å². The maximum atomic E-state index is 12.4. The van der Waals surface area contributed by atoms with E-state index in [-0.39, 0.29) is 12.2 Å². The van der Waals surface area contributed by atoms with Crippen LogP contribution in [0.25, 0.3) is 0 Å². The summed E-state index contributed by atoms with van der Waals surface area (Å²) in [7, 11) is 0. The number of aromatic amines is 1. The highest BCUT2D eigenvalue weighted by Gasteiger charge is 2.29. The van der Waals surface area contributed by atoms with Crippen molar-refractivity contribution in [2.75, 3.05) is 12.3 Å². The third-order valence-corrected chi connectivity index (χ3v) is 3.94. The number of aromatic nitrogens is 2. The minimum Gasteiger partial charge on any atom is -0.481 e. The molecule has 3 amide bonds.